The van der Waals surface area contributed by atoms with Gasteiger partial charge in [0.15, 0.2) is 5.06 Å². The van der Waals surface area contributed by atoms with Gasteiger partial charge in [0.05, 0.1) is 6.10 Å². The lowest BCUT2D eigenvalue weighted by Crippen LogP contribution is -2.14. The van der Waals surface area contributed by atoms with Crippen LogP contribution in [0.4, 0.5) is 4.79 Å². The van der Waals surface area contributed by atoms with Crippen molar-refractivity contribution >= 4 is 17.5 Å². The minimum absolute atomic E-state index is 0.141. The molecule has 0 N–H and O–H groups in total. The summed E-state index contributed by atoms with van der Waals surface area (Å²) in [6, 6.07) is 3.52. The zero-order valence-electron chi connectivity index (χ0n) is 6.94. The van der Waals surface area contributed by atoms with Gasteiger partial charge in [-0.3, -0.25) is 0 Å². The van der Waals surface area contributed by atoms with Gasteiger partial charge in [0.1, 0.15) is 0 Å². The molecule has 1 aromatic heterocycles. The molecular weight excluding hydrogens is 176 g/mol. The maximum Gasteiger partial charge on any atom is 0.514 e. The van der Waals surface area contributed by atoms with E-state index >= 15 is 0 Å². The molecule has 0 saturated heterocycles. The predicted octanol–water partition coefficient (Wildman–Crippen LogP) is 2.67. The molecule has 0 aromatic carbocycles. The van der Waals surface area contributed by atoms with E-state index in [4.69, 9.17) is 9.47 Å². The van der Waals surface area contributed by atoms with Gasteiger partial charge in [0.25, 0.3) is 0 Å². The highest BCUT2D eigenvalue weighted by molar-refractivity contribution is 7.11. The first-order chi connectivity index (χ1) is 5.68. The van der Waals surface area contributed by atoms with Gasteiger partial charge in [-0.25, -0.2) is 4.79 Å². The van der Waals surface area contributed by atoms with Crippen molar-refractivity contribution in [2.75, 3.05) is 0 Å². The Kier molecular flexibility index (Phi) is 3.10. The lowest BCUT2D eigenvalue weighted by atomic mass is 10.5. The summed E-state index contributed by atoms with van der Waals surface area (Å²) in [5.74, 6) is 0. The fourth-order valence-corrected chi connectivity index (χ4v) is 1.18. The molecule has 0 fully saturated rings. The number of ether oxygens (including phenoxy) is 2. The third-order valence-electron chi connectivity index (χ3n) is 1.01. The summed E-state index contributed by atoms with van der Waals surface area (Å²) >= 11 is 1.36. The number of carbonyl (C=O) groups is 1. The normalized spacial score (nSPS) is 9.92. The molecule has 1 heterocycles. The number of carbonyl (C=O) groups excluding carboxylic acids is 1. The van der Waals surface area contributed by atoms with E-state index in [1.54, 1.807) is 19.9 Å². The number of hydrogen-bond acceptors (Lipinski definition) is 4. The first-order valence-electron chi connectivity index (χ1n) is 3.60. The lowest BCUT2D eigenvalue weighted by molar-refractivity contribution is 0.0740. The maximum atomic E-state index is 10.9. The molecule has 0 unspecified atom stereocenters. The quantitative estimate of drug-likeness (QED) is 0.666. The van der Waals surface area contributed by atoms with Crippen LogP contribution in [0.2, 0.25) is 0 Å². The molecule has 0 amide bonds. The Morgan fingerprint density at radius 2 is 2.33 bits per heavy atom. The molecule has 0 spiro atoms. The summed E-state index contributed by atoms with van der Waals surface area (Å²) in [5, 5.41) is 2.39. The minimum Gasteiger partial charge on any atom is -0.431 e. The molecule has 1 rings (SSSR count). The van der Waals surface area contributed by atoms with Crippen LogP contribution in [0.3, 0.4) is 0 Å². The van der Waals surface area contributed by atoms with Crippen LogP contribution in [-0.2, 0) is 4.74 Å². The molecule has 0 radical (unpaired) electrons. The summed E-state index contributed by atoms with van der Waals surface area (Å²) < 4.78 is 9.59. The van der Waals surface area contributed by atoms with Crippen LogP contribution in [0.25, 0.3) is 0 Å². The molecule has 0 saturated carbocycles. The first kappa shape index (κ1) is 9.06. The Hall–Kier alpha value is -1.03. The van der Waals surface area contributed by atoms with Crippen molar-refractivity contribution in [2.24, 2.45) is 0 Å². The standard InChI is InChI=1S/C8H10O3S/c1-6(2)10-8(9)11-7-4-3-5-12-7/h3-6H,1-2H3. The van der Waals surface area contributed by atoms with E-state index in [1.165, 1.54) is 11.3 Å². The Morgan fingerprint density at radius 1 is 1.58 bits per heavy atom. The smallest absolute Gasteiger partial charge is 0.431 e. The SMILES string of the molecule is CC(C)OC(=O)Oc1cccs1. The summed E-state index contributed by atoms with van der Waals surface area (Å²) in [7, 11) is 0. The van der Waals surface area contributed by atoms with Crippen molar-refractivity contribution in [1.29, 1.82) is 0 Å². The van der Waals surface area contributed by atoms with Gasteiger partial charge in [-0.05, 0) is 31.4 Å². The van der Waals surface area contributed by atoms with Crippen LogP contribution < -0.4 is 4.74 Å². The topological polar surface area (TPSA) is 35.5 Å². The van der Waals surface area contributed by atoms with E-state index in [9.17, 15) is 4.79 Å². The highest BCUT2D eigenvalue weighted by Gasteiger charge is 2.07. The van der Waals surface area contributed by atoms with Crippen molar-refractivity contribution in [2.45, 2.75) is 20.0 Å². The third kappa shape index (κ3) is 2.92. The van der Waals surface area contributed by atoms with Crippen LogP contribution in [0.15, 0.2) is 17.5 Å². The second kappa shape index (κ2) is 4.11. The average Bonchev–Trinajstić information content (AvgIpc) is 2.37. The Bertz CT molecular complexity index is 241. The molecule has 0 aliphatic rings. The molecule has 0 aliphatic carbocycles. The molecule has 1 aromatic rings. The lowest BCUT2D eigenvalue weighted by Gasteiger charge is -2.05. The van der Waals surface area contributed by atoms with Gasteiger partial charge in [0, 0.05) is 0 Å². The largest absolute Gasteiger partial charge is 0.514 e. The van der Waals surface area contributed by atoms with Crippen LogP contribution in [0.1, 0.15) is 13.8 Å². The molecule has 3 nitrogen and oxygen atoms in total. The fourth-order valence-electron chi connectivity index (χ4n) is 0.620. The summed E-state index contributed by atoms with van der Waals surface area (Å²) in [6.45, 7) is 3.55. The second-order valence-electron chi connectivity index (χ2n) is 2.45. The van der Waals surface area contributed by atoms with Gasteiger partial charge in [-0.15, -0.1) is 11.3 Å². The maximum absolute atomic E-state index is 10.9. The summed E-state index contributed by atoms with van der Waals surface area (Å²) in [4.78, 5) is 10.9. The fraction of sp³-hybridized carbons (Fsp3) is 0.375. The van der Waals surface area contributed by atoms with E-state index in [1.807, 2.05) is 11.4 Å². The van der Waals surface area contributed by atoms with E-state index in [2.05, 4.69) is 0 Å². The highest BCUT2D eigenvalue weighted by Crippen LogP contribution is 2.18. The molecule has 12 heavy (non-hydrogen) atoms. The van der Waals surface area contributed by atoms with E-state index in [0.717, 1.165) is 0 Å². The van der Waals surface area contributed by atoms with Crippen molar-refractivity contribution < 1.29 is 14.3 Å². The second-order valence-corrected chi connectivity index (χ2v) is 3.36. The average molecular weight is 186 g/mol. The van der Waals surface area contributed by atoms with E-state index in [0.29, 0.717) is 5.06 Å². The van der Waals surface area contributed by atoms with Crippen LogP contribution >= 0.6 is 11.3 Å². The molecular formula is C8H10O3S. The number of hydrogen-bond donors (Lipinski definition) is 0. The van der Waals surface area contributed by atoms with Crippen LogP contribution in [0.5, 0.6) is 5.06 Å². The molecule has 0 atom stereocenters. The van der Waals surface area contributed by atoms with Gasteiger partial charge < -0.3 is 9.47 Å². The molecule has 0 bridgehead atoms. The van der Waals surface area contributed by atoms with Gasteiger partial charge in [0.2, 0.25) is 0 Å². The van der Waals surface area contributed by atoms with Gasteiger partial charge >= 0.3 is 6.16 Å². The molecule has 66 valence electrons. The first-order valence-corrected chi connectivity index (χ1v) is 4.48. The molecule has 4 heteroatoms. The third-order valence-corrected chi connectivity index (χ3v) is 1.76. The van der Waals surface area contributed by atoms with E-state index in [-0.39, 0.29) is 6.10 Å². The minimum atomic E-state index is -0.646. The number of rotatable bonds is 2. The molecule has 0 aliphatic heterocycles. The summed E-state index contributed by atoms with van der Waals surface area (Å²) in [6.07, 6.45) is -0.787. The van der Waals surface area contributed by atoms with Crippen molar-refractivity contribution in [3.63, 3.8) is 0 Å². The zero-order valence-corrected chi connectivity index (χ0v) is 7.76. The Balaban J connectivity index is 2.37. The highest BCUT2D eigenvalue weighted by atomic mass is 32.1. The Labute approximate surface area is 74.9 Å². The predicted molar refractivity (Wildman–Crippen MR) is 46.6 cm³/mol. The van der Waals surface area contributed by atoms with Crippen LogP contribution in [0, 0.1) is 0 Å². The Morgan fingerprint density at radius 3 is 2.83 bits per heavy atom. The van der Waals surface area contributed by atoms with Gasteiger partial charge in [-0.2, -0.15) is 0 Å². The van der Waals surface area contributed by atoms with Gasteiger partial charge in [-0.1, -0.05) is 0 Å². The van der Waals surface area contributed by atoms with Crippen molar-refractivity contribution in [1.82, 2.24) is 0 Å². The van der Waals surface area contributed by atoms with Crippen molar-refractivity contribution in [3.8, 4) is 5.06 Å². The van der Waals surface area contributed by atoms with E-state index < -0.39 is 6.16 Å². The summed E-state index contributed by atoms with van der Waals surface area (Å²) in [5.41, 5.74) is 0. The van der Waals surface area contributed by atoms with Crippen LogP contribution in [-0.4, -0.2) is 12.3 Å². The van der Waals surface area contributed by atoms with Crippen molar-refractivity contribution in [3.05, 3.63) is 17.5 Å². The number of thiophene rings is 1. The zero-order chi connectivity index (χ0) is 8.97. The monoisotopic (exact) mass is 186 g/mol.